The molecule has 0 unspecified atom stereocenters. The van der Waals surface area contributed by atoms with Crippen LogP contribution in [0.15, 0.2) is 42.6 Å². The minimum absolute atomic E-state index is 0.510. The van der Waals surface area contributed by atoms with Gasteiger partial charge in [-0.15, -0.1) is 0 Å². The standard InChI is InChI=1S/C17H22ClN3/c1-3-21(4-2)13-15-7-5-6-14(10-15)12-20-16-8-9-19-17(18)11-16/h5-11H,3-4,12-13H2,1-2H3,(H,19,20). The molecule has 0 aliphatic heterocycles. The Balaban J connectivity index is 1.97. The quantitative estimate of drug-likeness (QED) is 0.777. The van der Waals surface area contributed by atoms with Gasteiger partial charge in [0.2, 0.25) is 0 Å². The second-order valence-electron chi connectivity index (χ2n) is 5.00. The number of benzene rings is 1. The number of nitrogens with one attached hydrogen (secondary N) is 1. The lowest BCUT2D eigenvalue weighted by molar-refractivity contribution is 0.296. The summed E-state index contributed by atoms with van der Waals surface area (Å²) >= 11 is 5.88. The Morgan fingerprint density at radius 2 is 1.86 bits per heavy atom. The molecule has 0 aliphatic carbocycles. The van der Waals surface area contributed by atoms with E-state index in [-0.39, 0.29) is 0 Å². The van der Waals surface area contributed by atoms with E-state index < -0.39 is 0 Å². The SMILES string of the molecule is CCN(CC)Cc1cccc(CNc2ccnc(Cl)c2)c1. The van der Waals surface area contributed by atoms with Gasteiger partial charge in [-0.25, -0.2) is 4.98 Å². The highest BCUT2D eigenvalue weighted by molar-refractivity contribution is 6.29. The molecular formula is C17H22ClN3. The zero-order valence-electron chi connectivity index (χ0n) is 12.6. The Hall–Kier alpha value is -1.58. The van der Waals surface area contributed by atoms with E-state index >= 15 is 0 Å². The van der Waals surface area contributed by atoms with E-state index in [1.165, 1.54) is 11.1 Å². The van der Waals surface area contributed by atoms with Crippen molar-refractivity contribution < 1.29 is 0 Å². The topological polar surface area (TPSA) is 28.2 Å². The van der Waals surface area contributed by atoms with Crippen LogP contribution >= 0.6 is 11.6 Å². The van der Waals surface area contributed by atoms with Crippen LogP contribution < -0.4 is 5.32 Å². The van der Waals surface area contributed by atoms with Crippen molar-refractivity contribution in [3.05, 3.63) is 58.9 Å². The monoisotopic (exact) mass is 303 g/mol. The van der Waals surface area contributed by atoms with Gasteiger partial charge in [-0.1, -0.05) is 49.7 Å². The van der Waals surface area contributed by atoms with E-state index in [0.717, 1.165) is 31.9 Å². The van der Waals surface area contributed by atoms with Crippen LogP contribution in [0.2, 0.25) is 5.15 Å². The van der Waals surface area contributed by atoms with Crippen LogP contribution in [0.5, 0.6) is 0 Å². The van der Waals surface area contributed by atoms with E-state index in [0.29, 0.717) is 5.15 Å². The smallest absolute Gasteiger partial charge is 0.131 e. The molecular weight excluding hydrogens is 282 g/mol. The zero-order chi connectivity index (χ0) is 15.1. The number of halogens is 1. The van der Waals surface area contributed by atoms with Crippen LogP contribution in [0.1, 0.15) is 25.0 Å². The van der Waals surface area contributed by atoms with Gasteiger partial charge < -0.3 is 5.32 Å². The highest BCUT2D eigenvalue weighted by atomic mass is 35.5. The van der Waals surface area contributed by atoms with Gasteiger partial charge in [0.1, 0.15) is 5.15 Å². The molecule has 112 valence electrons. The largest absolute Gasteiger partial charge is 0.381 e. The summed E-state index contributed by atoms with van der Waals surface area (Å²) in [6.07, 6.45) is 1.71. The van der Waals surface area contributed by atoms with Crippen LogP contribution in [0.25, 0.3) is 0 Å². The van der Waals surface area contributed by atoms with E-state index in [1.54, 1.807) is 6.20 Å². The first kappa shape index (κ1) is 15.8. The molecule has 0 spiro atoms. The van der Waals surface area contributed by atoms with E-state index in [9.17, 15) is 0 Å². The van der Waals surface area contributed by atoms with E-state index in [2.05, 4.69) is 53.3 Å². The van der Waals surface area contributed by atoms with E-state index in [4.69, 9.17) is 11.6 Å². The Bertz CT molecular complexity index is 567. The van der Waals surface area contributed by atoms with Gasteiger partial charge in [0.05, 0.1) is 0 Å². The van der Waals surface area contributed by atoms with Crippen molar-refractivity contribution in [1.29, 1.82) is 0 Å². The Morgan fingerprint density at radius 3 is 2.57 bits per heavy atom. The summed E-state index contributed by atoms with van der Waals surface area (Å²) in [4.78, 5) is 6.39. The molecule has 0 saturated carbocycles. The molecule has 0 amide bonds. The Morgan fingerprint density at radius 1 is 1.10 bits per heavy atom. The third-order valence-electron chi connectivity index (χ3n) is 3.52. The lowest BCUT2D eigenvalue weighted by Crippen LogP contribution is -2.22. The van der Waals surface area contributed by atoms with Crippen LogP contribution in [-0.4, -0.2) is 23.0 Å². The van der Waals surface area contributed by atoms with E-state index in [1.807, 2.05) is 12.1 Å². The van der Waals surface area contributed by atoms with Gasteiger partial charge >= 0.3 is 0 Å². The van der Waals surface area contributed by atoms with Gasteiger partial charge in [0, 0.05) is 25.0 Å². The number of hydrogen-bond acceptors (Lipinski definition) is 3. The number of pyridine rings is 1. The van der Waals surface area contributed by atoms with Crippen LogP contribution in [0.4, 0.5) is 5.69 Å². The molecule has 0 atom stereocenters. The fourth-order valence-electron chi connectivity index (χ4n) is 2.26. The maximum atomic E-state index is 5.88. The molecule has 0 bridgehead atoms. The fourth-order valence-corrected chi connectivity index (χ4v) is 2.43. The first-order valence-corrected chi connectivity index (χ1v) is 7.74. The van der Waals surface area contributed by atoms with Crippen LogP contribution in [0, 0.1) is 0 Å². The normalized spacial score (nSPS) is 10.9. The maximum Gasteiger partial charge on any atom is 0.131 e. The molecule has 0 fully saturated rings. The minimum Gasteiger partial charge on any atom is -0.381 e. The average molecular weight is 304 g/mol. The molecule has 1 aromatic heterocycles. The summed E-state index contributed by atoms with van der Waals surface area (Å²) in [5, 5.41) is 3.88. The molecule has 0 saturated heterocycles. The Kier molecular flexibility index (Phi) is 6.03. The van der Waals surface area contributed by atoms with Gasteiger partial charge in [0.15, 0.2) is 0 Å². The first-order valence-electron chi connectivity index (χ1n) is 7.37. The Labute approximate surface area is 132 Å². The molecule has 0 aliphatic rings. The van der Waals surface area contributed by atoms with Crippen LogP contribution in [0.3, 0.4) is 0 Å². The molecule has 1 aromatic carbocycles. The maximum absolute atomic E-state index is 5.88. The molecule has 21 heavy (non-hydrogen) atoms. The minimum atomic E-state index is 0.510. The van der Waals surface area contributed by atoms with Gasteiger partial charge in [-0.2, -0.15) is 0 Å². The molecule has 1 heterocycles. The van der Waals surface area contributed by atoms with Gasteiger partial charge in [0.25, 0.3) is 0 Å². The highest BCUT2D eigenvalue weighted by Crippen LogP contribution is 2.14. The van der Waals surface area contributed by atoms with Gasteiger partial charge in [-0.05, 0) is 36.3 Å². The van der Waals surface area contributed by atoms with Crippen molar-refractivity contribution in [3.8, 4) is 0 Å². The molecule has 0 radical (unpaired) electrons. The summed E-state index contributed by atoms with van der Waals surface area (Å²) in [7, 11) is 0. The first-order chi connectivity index (χ1) is 10.2. The van der Waals surface area contributed by atoms with Crippen molar-refractivity contribution in [1.82, 2.24) is 9.88 Å². The predicted molar refractivity (Wildman–Crippen MR) is 89.6 cm³/mol. The second-order valence-corrected chi connectivity index (χ2v) is 5.39. The lowest BCUT2D eigenvalue weighted by atomic mass is 10.1. The van der Waals surface area contributed by atoms with Crippen molar-refractivity contribution in [3.63, 3.8) is 0 Å². The summed E-state index contributed by atoms with van der Waals surface area (Å²) in [6.45, 7) is 8.33. The average Bonchev–Trinajstić information content (AvgIpc) is 2.51. The molecule has 4 heteroatoms. The molecule has 3 nitrogen and oxygen atoms in total. The third-order valence-corrected chi connectivity index (χ3v) is 3.72. The highest BCUT2D eigenvalue weighted by Gasteiger charge is 2.02. The molecule has 2 rings (SSSR count). The summed E-state index contributed by atoms with van der Waals surface area (Å²) in [5.74, 6) is 0. The number of hydrogen-bond donors (Lipinski definition) is 1. The van der Waals surface area contributed by atoms with Crippen molar-refractivity contribution in [2.75, 3.05) is 18.4 Å². The third kappa shape index (κ3) is 5.03. The predicted octanol–water partition coefficient (Wildman–Crippen LogP) is 4.19. The zero-order valence-corrected chi connectivity index (χ0v) is 13.4. The molecule has 1 N–H and O–H groups in total. The van der Waals surface area contributed by atoms with Crippen LogP contribution in [-0.2, 0) is 13.1 Å². The lowest BCUT2D eigenvalue weighted by Gasteiger charge is -2.18. The number of rotatable bonds is 7. The number of anilines is 1. The van der Waals surface area contributed by atoms with Crippen molar-refractivity contribution in [2.24, 2.45) is 0 Å². The summed E-state index contributed by atoms with van der Waals surface area (Å²) in [5.41, 5.74) is 3.61. The van der Waals surface area contributed by atoms with Crippen molar-refractivity contribution in [2.45, 2.75) is 26.9 Å². The number of nitrogens with zero attached hydrogens (tertiary/aromatic N) is 2. The summed E-state index contributed by atoms with van der Waals surface area (Å²) in [6, 6.07) is 12.5. The van der Waals surface area contributed by atoms with Crippen molar-refractivity contribution >= 4 is 17.3 Å². The number of aromatic nitrogens is 1. The molecule has 2 aromatic rings. The second kappa shape index (κ2) is 8.01. The van der Waals surface area contributed by atoms with Gasteiger partial charge in [-0.3, -0.25) is 4.90 Å². The summed E-state index contributed by atoms with van der Waals surface area (Å²) < 4.78 is 0. The fraction of sp³-hybridized carbons (Fsp3) is 0.353.